The van der Waals surface area contributed by atoms with Crippen molar-refractivity contribution in [3.8, 4) is 22.3 Å². The van der Waals surface area contributed by atoms with E-state index in [1.54, 1.807) is 0 Å². The van der Waals surface area contributed by atoms with Crippen molar-refractivity contribution < 1.29 is 0 Å². The number of thiophene rings is 1. The number of fused-ring (bicyclic) bond motifs is 9. The van der Waals surface area contributed by atoms with Gasteiger partial charge in [0.25, 0.3) is 0 Å². The maximum absolute atomic E-state index is 2.42. The van der Waals surface area contributed by atoms with Crippen LogP contribution in [0.4, 0.5) is 17.1 Å². The van der Waals surface area contributed by atoms with E-state index >= 15 is 0 Å². The van der Waals surface area contributed by atoms with Crippen LogP contribution in [0.3, 0.4) is 0 Å². The second-order valence-electron chi connectivity index (χ2n) is 14.1. The molecule has 2 heteroatoms. The van der Waals surface area contributed by atoms with E-state index in [1.165, 1.54) is 85.5 Å². The van der Waals surface area contributed by atoms with Gasteiger partial charge in [0.1, 0.15) is 0 Å². The molecule has 0 aliphatic heterocycles. The molecule has 0 unspecified atom stereocenters. The fourth-order valence-electron chi connectivity index (χ4n) is 8.36. The molecule has 0 aliphatic rings. The van der Waals surface area contributed by atoms with Crippen molar-refractivity contribution in [3.63, 3.8) is 0 Å². The number of rotatable bonds is 5. The zero-order chi connectivity index (χ0) is 35.6. The minimum atomic E-state index is 1.11. The highest BCUT2D eigenvalue weighted by molar-refractivity contribution is 7.25. The highest BCUT2D eigenvalue weighted by Gasteiger charge is 2.18. The fourth-order valence-corrected chi connectivity index (χ4v) is 9.50. The molecular formula is C52H33NS. The lowest BCUT2D eigenvalue weighted by atomic mass is 9.94. The van der Waals surface area contributed by atoms with Crippen LogP contribution in [0.2, 0.25) is 0 Å². The first-order chi connectivity index (χ1) is 26.7. The molecule has 1 heterocycles. The van der Waals surface area contributed by atoms with Crippen molar-refractivity contribution in [1.29, 1.82) is 0 Å². The van der Waals surface area contributed by atoms with Crippen molar-refractivity contribution in [1.82, 2.24) is 0 Å². The Morgan fingerprint density at radius 1 is 0.315 bits per heavy atom. The molecule has 0 amide bonds. The van der Waals surface area contributed by atoms with E-state index in [1.807, 2.05) is 11.3 Å². The third-order valence-electron chi connectivity index (χ3n) is 11.0. The highest BCUT2D eigenvalue weighted by Crippen LogP contribution is 2.44. The molecule has 0 spiro atoms. The molecule has 10 aromatic carbocycles. The first kappa shape index (κ1) is 30.8. The van der Waals surface area contributed by atoms with Crippen LogP contribution in [-0.2, 0) is 0 Å². The number of nitrogens with zero attached hydrogens (tertiary/aromatic N) is 1. The van der Waals surface area contributed by atoms with Crippen LogP contribution in [0.25, 0.3) is 85.5 Å². The average Bonchev–Trinajstić information content (AvgIpc) is 3.60. The molecular weight excluding hydrogens is 671 g/mol. The average molecular weight is 704 g/mol. The molecule has 0 radical (unpaired) electrons. The minimum absolute atomic E-state index is 1.11. The van der Waals surface area contributed by atoms with E-state index in [0.717, 1.165) is 17.1 Å². The summed E-state index contributed by atoms with van der Waals surface area (Å²) in [6.45, 7) is 0. The van der Waals surface area contributed by atoms with Crippen LogP contribution in [-0.4, -0.2) is 0 Å². The second kappa shape index (κ2) is 12.4. The molecule has 0 saturated carbocycles. The van der Waals surface area contributed by atoms with Gasteiger partial charge in [-0.1, -0.05) is 146 Å². The van der Waals surface area contributed by atoms with Crippen molar-refractivity contribution >= 4 is 91.7 Å². The van der Waals surface area contributed by atoms with E-state index in [2.05, 4.69) is 205 Å². The lowest BCUT2D eigenvalue weighted by molar-refractivity contribution is 1.29. The summed E-state index contributed by atoms with van der Waals surface area (Å²) in [5.41, 5.74) is 8.17. The van der Waals surface area contributed by atoms with Gasteiger partial charge in [-0.15, -0.1) is 11.3 Å². The first-order valence-corrected chi connectivity index (χ1v) is 19.3. The maximum Gasteiger partial charge on any atom is 0.0540 e. The van der Waals surface area contributed by atoms with Gasteiger partial charge in [-0.2, -0.15) is 0 Å². The molecule has 252 valence electrons. The van der Waals surface area contributed by atoms with Gasteiger partial charge in [0.15, 0.2) is 0 Å². The Labute approximate surface area is 317 Å². The number of hydrogen-bond acceptors (Lipinski definition) is 2. The number of anilines is 3. The maximum atomic E-state index is 2.42. The third-order valence-corrected chi connectivity index (χ3v) is 12.1. The van der Waals surface area contributed by atoms with Gasteiger partial charge in [0.05, 0.1) is 5.69 Å². The second-order valence-corrected chi connectivity index (χ2v) is 15.2. The molecule has 11 aromatic rings. The van der Waals surface area contributed by atoms with E-state index in [0.29, 0.717) is 0 Å². The predicted octanol–water partition coefficient (Wildman–Crippen LogP) is 15.5. The van der Waals surface area contributed by atoms with E-state index in [4.69, 9.17) is 0 Å². The predicted molar refractivity (Wildman–Crippen MR) is 235 cm³/mol. The molecule has 0 fully saturated rings. The molecule has 0 atom stereocenters. The topological polar surface area (TPSA) is 3.24 Å². The third kappa shape index (κ3) is 5.07. The Morgan fingerprint density at radius 3 is 1.83 bits per heavy atom. The summed E-state index contributed by atoms with van der Waals surface area (Å²) in [7, 11) is 0. The van der Waals surface area contributed by atoms with Gasteiger partial charge in [-0.3, -0.25) is 0 Å². The van der Waals surface area contributed by atoms with E-state index < -0.39 is 0 Å². The number of benzene rings is 10. The van der Waals surface area contributed by atoms with Crippen LogP contribution < -0.4 is 4.90 Å². The number of para-hydroxylation sites is 1. The minimum Gasteiger partial charge on any atom is -0.310 e. The molecule has 0 bridgehead atoms. The number of hydrogen-bond donors (Lipinski definition) is 0. The van der Waals surface area contributed by atoms with Gasteiger partial charge in [0.2, 0.25) is 0 Å². The molecule has 0 N–H and O–H groups in total. The van der Waals surface area contributed by atoms with Crippen molar-refractivity contribution in [2.24, 2.45) is 0 Å². The smallest absolute Gasteiger partial charge is 0.0540 e. The Balaban J connectivity index is 1.06. The SMILES string of the molecule is c1ccc(-c2ccccc2N(c2ccc(-c3ccc4ccc5ccc6ccccc6c5c4c3)cc2)c2ccc3cc4c(cc3c2)sc2ccccc24)cc1. The highest BCUT2D eigenvalue weighted by atomic mass is 32.1. The summed E-state index contributed by atoms with van der Waals surface area (Å²) >= 11 is 1.87. The molecule has 11 rings (SSSR count). The van der Waals surface area contributed by atoms with Crippen LogP contribution in [0.15, 0.2) is 200 Å². The monoisotopic (exact) mass is 703 g/mol. The zero-order valence-corrected chi connectivity index (χ0v) is 30.2. The van der Waals surface area contributed by atoms with Gasteiger partial charge >= 0.3 is 0 Å². The summed E-state index contributed by atoms with van der Waals surface area (Å²) in [6, 6.07) is 73.6. The van der Waals surface area contributed by atoms with Crippen LogP contribution >= 0.6 is 11.3 Å². The van der Waals surface area contributed by atoms with Gasteiger partial charge in [-0.05, 0) is 114 Å². The van der Waals surface area contributed by atoms with Crippen molar-refractivity contribution in [3.05, 3.63) is 200 Å². The lowest BCUT2D eigenvalue weighted by Crippen LogP contribution is -2.11. The largest absolute Gasteiger partial charge is 0.310 e. The molecule has 1 nitrogen and oxygen atoms in total. The van der Waals surface area contributed by atoms with Gasteiger partial charge in [-0.25, -0.2) is 0 Å². The zero-order valence-electron chi connectivity index (χ0n) is 29.4. The quantitative estimate of drug-likeness (QED) is 0.161. The molecule has 54 heavy (non-hydrogen) atoms. The summed E-state index contributed by atoms with van der Waals surface area (Å²) in [4.78, 5) is 2.42. The van der Waals surface area contributed by atoms with Crippen LogP contribution in [0.1, 0.15) is 0 Å². The molecule has 0 aliphatic carbocycles. The lowest BCUT2D eigenvalue weighted by Gasteiger charge is -2.28. The van der Waals surface area contributed by atoms with Gasteiger partial charge < -0.3 is 4.90 Å². The van der Waals surface area contributed by atoms with E-state index in [9.17, 15) is 0 Å². The molecule has 0 saturated heterocycles. The van der Waals surface area contributed by atoms with Crippen LogP contribution in [0, 0.1) is 0 Å². The van der Waals surface area contributed by atoms with E-state index in [-0.39, 0.29) is 0 Å². The standard InChI is InChI=1S/C52H33NS/c1-2-10-35(11-3-1)44-13-6-8-16-49(44)53(43-29-26-40-32-48-46-15-7-9-17-50(46)54-51(48)33-41(40)30-43)42-27-24-34(25-28-42)39-23-20-37-19-22-38-21-18-36-12-4-5-14-45(36)52(38)47(37)31-39/h1-33H. The van der Waals surface area contributed by atoms with Crippen molar-refractivity contribution in [2.75, 3.05) is 4.90 Å². The summed E-state index contributed by atoms with van der Waals surface area (Å²) in [6.07, 6.45) is 0. The summed E-state index contributed by atoms with van der Waals surface area (Å²) < 4.78 is 2.65. The van der Waals surface area contributed by atoms with Crippen molar-refractivity contribution in [2.45, 2.75) is 0 Å². The Bertz CT molecular complexity index is 3210. The molecule has 1 aromatic heterocycles. The Morgan fingerprint density at radius 2 is 0.963 bits per heavy atom. The van der Waals surface area contributed by atoms with Gasteiger partial charge in [0, 0.05) is 37.1 Å². The van der Waals surface area contributed by atoms with Crippen LogP contribution in [0.5, 0.6) is 0 Å². The summed E-state index contributed by atoms with van der Waals surface area (Å²) in [5, 5.41) is 12.8. The Kier molecular flexibility index (Phi) is 7.11. The first-order valence-electron chi connectivity index (χ1n) is 18.5. The Hall–Kier alpha value is -6.74. The fraction of sp³-hybridized carbons (Fsp3) is 0. The summed E-state index contributed by atoms with van der Waals surface area (Å²) in [5.74, 6) is 0. The normalized spacial score (nSPS) is 11.7.